The summed E-state index contributed by atoms with van der Waals surface area (Å²) in [6.07, 6.45) is 2.17. The summed E-state index contributed by atoms with van der Waals surface area (Å²) in [6.45, 7) is 0. The normalized spacial score (nSPS) is 18.5. The van der Waals surface area contributed by atoms with E-state index in [1.54, 1.807) is 12.1 Å². The molecule has 0 spiro atoms. The van der Waals surface area contributed by atoms with Crippen LogP contribution in [-0.4, -0.2) is 7.05 Å². The van der Waals surface area contributed by atoms with Crippen LogP contribution in [-0.2, 0) is 6.42 Å². The van der Waals surface area contributed by atoms with Gasteiger partial charge in [-0.05, 0) is 54.6 Å². The SMILES string of the molecule is CNC(CC1Cc2ccccc21)c1cccc(F)c1. The van der Waals surface area contributed by atoms with E-state index in [2.05, 4.69) is 29.6 Å². The third kappa shape index (κ3) is 2.41. The molecule has 0 aliphatic heterocycles. The number of benzene rings is 2. The summed E-state index contributed by atoms with van der Waals surface area (Å²) in [4.78, 5) is 0. The predicted molar refractivity (Wildman–Crippen MR) is 75.7 cm³/mol. The Bertz CT molecular complexity index is 579. The second kappa shape index (κ2) is 5.14. The predicted octanol–water partition coefficient (Wildman–Crippen LogP) is 3.82. The highest BCUT2D eigenvalue weighted by molar-refractivity contribution is 5.40. The van der Waals surface area contributed by atoms with Gasteiger partial charge < -0.3 is 5.32 Å². The Morgan fingerprint density at radius 3 is 2.79 bits per heavy atom. The highest BCUT2D eigenvalue weighted by atomic mass is 19.1. The quantitative estimate of drug-likeness (QED) is 0.876. The fourth-order valence-corrected chi connectivity index (χ4v) is 3.00. The monoisotopic (exact) mass is 255 g/mol. The number of hydrogen-bond acceptors (Lipinski definition) is 1. The lowest BCUT2D eigenvalue weighted by atomic mass is 9.74. The lowest BCUT2D eigenvalue weighted by Crippen LogP contribution is -2.25. The molecule has 0 heterocycles. The summed E-state index contributed by atoms with van der Waals surface area (Å²) in [6, 6.07) is 15.7. The second-order valence-electron chi connectivity index (χ2n) is 5.23. The van der Waals surface area contributed by atoms with Crippen LogP contribution in [0.5, 0.6) is 0 Å². The molecule has 0 bridgehead atoms. The van der Waals surface area contributed by atoms with Crippen molar-refractivity contribution < 1.29 is 4.39 Å². The molecule has 2 heteroatoms. The Kier molecular flexibility index (Phi) is 3.34. The lowest BCUT2D eigenvalue weighted by Gasteiger charge is -2.33. The minimum Gasteiger partial charge on any atom is -0.313 e. The fourth-order valence-electron chi connectivity index (χ4n) is 3.00. The van der Waals surface area contributed by atoms with Crippen LogP contribution in [0, 0.1) is 5.82 Å². The Hall–Kier alpha value is -1.67. The first-order valence-corrected chi connectivity index (χ1v) is 6.78. The molecule has 98 valence electrons. The zero-order chi connectivity index (χ0) is 13.2. The van der Waals surface area contributed by atoms with Crippen molar-refractivity contribution in [1.29, 1.82) is 0 Å². The van der Waals surface area contributed by atoms with Crippen LogP contribution in [0.1, 0.15) is 35.1 Å². The summed E-state index contributed by atoms with van der Waals surface area (Å²) in [5, 5.41) is 3.31. The van der Waals surface area contributed by atoms with Crippen LogP contribution in [0.15, 0.2) is 48.5 Å². The van der Waals surface area contributed by atoms with Crippen molar-refractivity contribution in [3.63, 3.8) is 0 Å². The average molecular weight is 255 g/mol. The molecule has 2 atom stereocenters. The third-order valence-corrected chi connectivity index (χ3v) is 4.08. The van der Waals surface area contributed by atoms with Gasteiger partial charge in [-0.25, -0.2) is 4.39 Å². The third-order valence-electron chi connectivity index (χ3n) is 4.08. The second-order valence-corrected chi connectivity index (χ2v) is 5.23. The van der Waals surface area contributed by atoms with Crippen molar-refractivity contribution in [2.24, 2.45) is 0 Å². The Balaban J connectivity index is 1.76. The number of halogens is 1. The number of fused-ring (bicyclic) bond motifs is 1. The Morgan fingerprint density at radius 1 is 1.21 bits per heavy atom. The minimum absolute atomic E-state index is 0.160. The molecule has 2 unspecified atom stereocenters. The van der Waals surface area contributed by atoms with Crippen LogP contribution >= 0.6 is 0 Å². The molecule has 0 saturated carbocycles. The molecular weight excluding hydrogens is 237 g/mol. The van der Waals surface area contributed by atoms with Gasteiger partial charge >= 0.3 is 0 Å². The lowest BCUT2D eigenvalue weighted by molar-refractivity contribution is 0.450. The van der Waals surface area contributed by atoms with E-state index < -0.39 is 0 Å². The van der Waals surface area contributed by atoms with Gasteiger partial charge in [-0.1, -0.05) is 36.4 Å². The van der Waals surface area contributed by atoms with E-state index in [4.69, 9.17) is 0 Å². The average Bonchev–Trinajstić information content (AvgIpc) is 2.40. The van der Waals surface area contributed by atoms with Gasteiger partial charge in [-0.2, -0.15) is 0 Å². The topological polar surface area (TPSA) is 12.0 Å². The van der Waals surface area contributed by atoms with Gasteiger partial charge in [0, 0.05) is 6.04 Å². The highest BCUT2D eigenvalue weighted by Gasteiger charge is 2.28. The van der Waals surface area contributed by atoms with Crippen molar-refractivity contribution in [3.8, 4) is 0 Å². The summed E-state index contributed by atoms with van der Waals surface area (Å²) in [7, 11) is 1.94. The summed E-state index contributed by atoms with van der Waals surface area (Å²) >= 11 is 0. The maximum atomic E-state index is 13.3. The summed E-state index contributed by atoms with van der Waals surface area (Å²) in [5.41, 5.74) is 3.95. The van der Waals surface area contributed by atoms with Gasteiger partial charge in [0.2, 0.25) is 0 Å². The van der Waals surface area contributed by atoms with E-state index in [0.717, 1.165) is 18.4 Å². The van der Waals surface area contributed by atoms with E-state index in [-0.39, 0.29) is 11.9 Å². The molecule has 2 aromatic rings. The van der Waals surface area contributed by atoms with Crippen molar-refractivity contribution in [2.75, 3.05) is 7.05 Å². The zero-order valence-corrected chi connectivity index (χ0v) is 11.1. The molecule has 2 aromatic carbocycles. The molecule has 1 aliphatic rings. The van der Waals surface area contributed by atoms with Gasteiger partial charge in [0.15, 0.2) is 0 Å². The Labute approximate surface area is 113 Å². The molecule has 1 nitrogen and oxygen atoms in total. The highest BCUT2D eigenvalue weighted by Crippen LogP contribution is 2.40. The molecule has 0 aromatic heterocycles. The molecular formula is C17H18FN. The van der Waals surface area contributed by atoms with Crippen LogP contribution in [0.2, 0.25) is 0 Å². The van der Waals surface area contributed by atoms with Gasteiger partial charge in [-0.3, -0.25) is 0 Å². The zero-order valence-electron chi connectivity index (χ0n) is 11.1. The number of hydrogen-bond donors (Lipinski definition) is 1. The van der Waals surface area contributed by atoms with Crippen LogP contribution < -0.4 is 5.32 Å². The van der Waals surface area contributed by atoms with Crippen molar-refractivity contribution >= 4 is 0 Å². The van der Waals surface area contributed by atoms with Crippen LogP contribution in [0.4, 0.5) is 4.39 Å². The summed E-state index contributed by atoms with van der Waals surface area (Å²) < 4.78 is 13.3. The van der Waals surface area contributed by atoms with Gasteiger partial charge in [0.05, 0.1) is 0 Å². The molecule has 19 heavy (non-hydrogen) atoms. The molecule has 0 fully saturated rings. The molecule has 1 aliphatic carbocycles. The summed E-state index contributed by atoms with van der Waals surface area (Å²) in [5.74, 6) is 0.434. The van der Waals surface area contributed by atoms with E-state index in [1.165, 1.54) is 17.2 Å². The van der Waals surface area contributed by atoms with Crippen molar-refractivity contribution in [2.45, 2.75) is 24.8 Å². The van der Waals surface area contributed by atoms with E-state index in [0.29, 0.717) is 5.92 Å². The van der Waals surface area contributed by atoms with Gasteiger partial charge in [-0.15, -0.1) is 0 Å². The first-order valence-electron chi connectivity index (χ1n) is 6.78. The molecule has 3 rings (SSSR count). The molecule has 0 saturated heterocycles. The van der Waals surface area contributed by atoms with Gasteiger partial charge in [0.25, 0.3) is 0 Å². The van der Waals surface area contributed by atoms with E-state index >= 15 is 0 Å². The smallest absolute Gasteiger partial charge is 0.123 e. The molecule has 0 radical (unpaired) electrons. The fraction of sp³-hybridized carbons (Fsp3) is 0.294. The number of nitrogens with one attached hydrogen (secondary N) is 1. The molecule has 1 N–H and O–H groups in total. The van der Waals surface area contributed by atoms with E-state index in [1.807, 2.05) is 13.1 Å². The first kappa shape index (κ1) is 12.4. The van der Waals surface area contributed by atoms with Crippen molar-refractivity contribution in [3.05, 3.63) is 71.0 Å². The Morgan fingerprint density at radius 2 is 2.05 bits per heavy atom. The standard InChI is InChI=1S/C17H18FN/c1-19-17(13-6-4-7-15(18)10-13)11-14-9-12-5-2-3-8-16(12)14/h2-8,10,14,17,19H,9,11H2,1H3. The van der Waals surface area contributed by atoms with Crippen molar-refractivity contribution in [1.82, 2.24) is 5.32 Å². The van der Waals surface area contributed by atoms with Crippen LogP contribution in [0.25, 0.3) is 0 Å². The van der Waals surface area contributed by atoms with Crippen LogP contribution in [0.3, 0.4) is 0 Å². The number of rotatable bonds is 4. The van der Waals surface area contributed by atoms with E-state index in [9.17, 15) is 4.39 Å². The minimum atomic E-state index is -0.160. The maximum absolute atomic E-state index is 13.3. The molecule has 0 amide bonds. The maximum Gasteiger partial charge on any atom is 0.123 e. The first-order chi connectivity index (χ1) is 9.28. The van der Waals surface area contributed by atoms with Gasteiger partial charge in [0.1, 0.15) is 5.82 Å². The largest absolute Gasteiger partial charge is 0.313 e.